The molecule has 17 heavy (non-hydrogen) atoms. The Balaban J connectivity index is 2.49. The summed E-state index contributed by atoms with van der Waals surface area (Å²) in [4.78, 5) is 9.77. The van der Waals surface area contributed by atoms with Gasteiger partial charge in [-0.15, -0.1) is 0 Å². The molecule has 0 saturated heterocycles. The molecule has 0 fully saturated rings. The third-order valence-electron chi connectivity index (χ3n) is 3.28. The Morgan fingerprint density at radius 2 is 2.18 bits per heavy atom. The molecule has 2 rings (SSSR count). The van der Waals surface area contributed by atoms with Crippen molar-refractivity contribution >= 4 is 23.4 Å². The van der Waals surface area contributed by atoms with Gasteiger partial charge in [-0.2, -0.15) is 0 Å². The van der Waals surface area contributed by atoms with Crippen LogP contribution in [0.3, 0.4) is 0 Å². The van der Waals surface area contributed by atoms with Crippen molar-refractivity contribution in [2.45, 2.75) is 25.9 Å². The summed E-state index contributed by atoms with van der Waals surface area (Å²) in [5.41, 5.74) is 1.95. The van der Waals surface area contributed by atoms with E-state index in [0.29, 0.717) is 0 Å². The first-order valence-electron chi connectivity index (χ1n) is 5.63. The van der Waals surface area contributed by atoms with E-state index in [1.165, 1.54) is 0 Å². The first-order chi connectivity index (χ1) is 7.92. The van der Waals surface area contributed by atoms with Crippen molar-refractivity contribution in [3.63, 3.8) is 0 Å². The van der Waals surface area contributed by atoms with Crippen LogP contribution in [0.25, 0.3) is 11.2 Å². The topological polar surface area (TPSA) is 36.9 Å². The highest BCUT2D eigenvalue weighted by molar-refractivity contribution is 7.71. The number of hydrogen-bond acceptors (Lipinski definition) is 3. The highest BCUT2D eigenvalue weighted by Gasteiger charge is 2.22. The molecular formula is C12H18N4S. The summed E-state index contributed by atoms with van der Waals surface area (Å²) < 4.78 is 2.79. The Hall–Kier alpha value is -1.20. The molecule has 0 aromatic carbocycles. The molecule has 0 aliphatic rings. The summed E-state index contributed by atoms with van der Waals surface area (Å²) in [6, 6.07) is 3.91. The predicted octanol–water partition coefficient (Wildman–Crippen LogP) is 2.43. The third kappa shape index (κ3) is 2.25. The van der Waals surface area contributed by atoms with E-state index in [4.69, 9.17) is 12.2 Å². The molecule has 0 radical (unpaired) electrons. The minimum absolute atomic E-state index is 0.0326. The average molecular weight is 250 g/mol. The van der Waals surface area contributed by atoms with Gasteiger partial charge in [0.1, 0.15) is 0 Å². The maximum Gasteiger partial charge on any atom is 0.179 e. The molecule has 4 nitrogen and oxygen atoms in total. The molecule has 2 heterocycles. The summed E-state index contributed by atoms with van der Waals surface area (Å²) in [5, 5.41) is 0. The van der Waals surface area contributed by atoms with E-state index in [1.807, 2.05) is 12.1 Å². The summed E-state index contributed by atoms with van der Waals surface area (Å²) in [6.45, 7) is 5.20. The van der Waals surface area contributed by atoms with Crippen molar-refractivity contribution in [2.24, 2.45) is 0 Å². The van der Waals surface area contributed by atoms with E-state index in [2.05, 4.69) is 47.4 Å². The molecule has 0 amide bonds. The van der Waals surface area contributed by atoms with Crippen molar-refractivity contribution in [2.75, 3.05) is 14.1 Å². The number of nitrogens with zero attached hydrogens (tertiary/aromatic N) is 3. The highest BCUT2D eigenvalue weighted by atomic mass is 32.1. The molecule has 0 spiro atoms. The SMILES string of the molecule is CN(C)C(C)(C)Cn1c(=S)[nH]c2cccnc21. The van der Waals surface area contributed by atoms with Crippen molar-refractivity contribution in [3.05, 3.63) is 23.1 Å². The second-order valence-electron chi connectivity index (χ2n) is 5.10. The normalized spacial score (nSPS) is 12.5. The molecule has 92 valence electrons. The van der Waals surface area contributed by atoms with Crippen LogP contribution >= 0.6 is 12.2 Å². The van der Waals surface area contributed by atoms with E-state index in [-0.39, 0.29) is 5.54 Å². The van der Waals surface area contributed by atoms with Gasteiger partial charge in [-0.05, 0) is 52.3 Å². The Labute approximate surface area is 106 Å². The minimum atomic E-state index is 0.0326. The maximum absolute atomic E-state index is 5.36. The second kappa shape index (κ2) is 4.23. The fraction of sp³-hybridized carbons (Fsp3) is 0.500. The lowest BCUT2D eigenvalue weighted by Gasteiger charge is -2.32. The fourth-order valence-corrected chi connectivity index (χ4v) is 1.92. The van der Waals surface area contributed by atoms with Crippen molar-refractivity contribution in [1.82, 2.24) is 19.4 Å². The van der Waals surface area contributed by atoms with Crippen molar-refractivity contribution in [3.8, 4) is 0 Å². The number of H-pyrrole nitrogens is 1. The van der Waals surface area contributed by atoms with E-state index in [0.717, 1.165) is 22.5 Å². The quantitative estimate of drug-likeness (QED) is 0.850. The van der Waals surface area contributed by atoms with E-state index in [1.54, 1.807) is 6.20 Å². The Morgan fingerprint density at radius 3 is 2.82 bits per heavy atom. The zero-order chi connectivity index (χ0) is 12.6. The first-order valence-corrected chi connectivity index (χ1v) is 6.03. The lowest BCUT2D eigenvalue weighted by Crippen LogP contribution is -2.42. The van der Waals surface area contributed by atoms with Gasteiger partial charge in [-0.1, -0.05) is 0 Å². The Kier molecular flexibility index (Phi) is 3.05. The molecule has 1 N–H and O–H groups in total. The van der Waals surface area contributed by atoms with Gasteiger partial charge in [0.25, 0.3) is 0 Å². The molecule has 0 aliphatic carbocycles. The monoisotopic (exact) mass is 250 g/mol. The number of pyridine rings is 1. The third-order valence-corrected chi connectivity index (χ3v) is 3.61. The van der Waals surface area contributed by atoms with Crippen molar-refractivity contribution in [1.29, 1.82) is 0 Å². The smallest absolute Gasteiger partial charge is 0.179 e. The molecule has 0 saturated carbocycles. The molecular weight excluding hydrogens is 232 g/mol. The number of rotatable bonds is 3. The van der Waals surface area contributed by atoms with Gasteiger partial charge in [0, 0.05) is 18.3 Å². The zero-order valence-electron chi connectivity index (χ0n) is 10.7. The molecule has 2 aromatic rings. The largest absolute Gasteiger partial charge is 0.329 e. The van der Waals surface area contributed by atoms with E-state index in [9.17, 15) is 0 Å². The number of imidazole rings is 1. The van der Waals surface area contributed by atoms with Crippen LogP contribution in [0.15, 0.2) is 18.3 Å². The van der Waals surface area contributed by atoms with Crippen LogP contribution in [0, 0.1) is 4.77 Å². The van der Waals surface area contributed by atoms with Crippen molar-refractivity contribution < 1.29 is 0 Å². The molecule has 0 atom stereocenters. The van der Waals surface area contributed by atoms with Gasteiger partial charge in [0.2, 0.25) is 0 Å². The van der Waals surface area contributed by atoms with Crippen LogP contribution in [0.2, 0.25) is 0 Å². The molecule has 0 aliphatic heterocycles. The number of aromatic amines is 1. The van der Waals surface area contributed by atoms with Gasteiger partial charge in [-0.3, -0.25) is 4.57 Å². The lowest BCUT2D eigenvalue weighted by atomic mass is 10.0. The van der Waals surface area contributed by atoms with Crippen LogP contribution in [0.1, 0.15) is 13.8 Å². The average Bonchev–Trinajstić information content (AvgIpc) is 2.55. The number of nitrogens with one attached hydrogen (secondary N) is 1. The van der Waals surface area contributed by atoms with E-state index >= 15 is 0 Å². The number of hydrogen-bond donors (Lipinski definition) is 1. The molecule has 5 heteroatoms. The summed E-state index contributed by atoms with van der Waals surface area (Å²) in [6.07, 6.45) is 1.80. The van der Waals surface area contributed by atoms with Gasteiger partial charge >= 0.3 is 0 Å². The highest BCUT2D eigenvalue weighted by Crippen LogP contribution is 2.18. The predicted molar refractivity (Wildman–Crippen MR) is 72.7 cm³/mol. The first kappa shape index (κ1) is 12.3. The summed E-state index contributed by atoms with van der Waals surface area (Å²) in [7, 11) is 4.15. The summed E-state index contributed by atoms with van der Waals surface area (Å²) in [5.74, 6) is 0. The van der Waals surface area contributed by atoms with Crippen LogP contribution in [-0.4, -0.2) is 39.1 Å². The molecule has 2 aromatic heterocycles. The Morgan fingerprint density at radius 1 is 1.47 bits per heavy atom. The molecule has 0 unspecified atom stereocenters. The van der Waals surface area contributed by atoms with Gasteiger partial charge in [-0.25, -0.2) is 4.98 Å². The van der Waals surface area contributed by atoms with Gasteiger partial charge in [0.15, 0.2) is 10.4 Å². The zero-order valence-corrected chi connectivity index (χ0v) is 11.5. The fourth-order valence-electron chi connectivity index (χ4n) is 1.66. The van der Waals surface area contributed by atoms with Crippen LogP contribution in [0.5, 0.6) is 0 Å². The number of likely N-dealkylation sites (N-methyl/N-ethyl adjacent to an activating group) is 1. The number of fused-ring (bicyclic) bond motifs is 1. The Bertz CT molecular complexity index is 579. The lowest BCUT2D eigenvalue weighted by molar-refractivity contribution is 0.170. The van der Waals surface area contributed by atoms with Crippen LogP contribution < -0.4 is 0 Å². The minimum Gasteiger partial charge on any atom is -0.329 e. The van der Waals surface area contributed by atoms with Crippen LogP contribution in [0.4, 0.5) is 0 Å². The maximum atomic E-state index is 5.36. The van der Waals surface area contributed by atoms with Crippen LogP contribution in [-0.2, 0) is 6.54 Å². The van der Waals surface area contributed by atoms with E-state index < -0.39 is 0 Å². The second-order valence-corrected chi connectivity index (χ2v) is 5.48. The van der Waals surface area contributed by atoms with Gasteiger partial charge < -0.3 is 9.88 Å². The van der Waals surface area contributed by atoms with Gasteiger partial charge in [0.05, 0.1) is 5.52 Å². The summed E-state index contributed by atoms with van der Waals surface area (Å²) >= 11 is 5.36. The standard InChI is InChI=1S/C12H18N4S/c1-12(2,15(3)4)8-16-10-9(14-11(16)17)6-5-7-13-10/h5-7H,8H2,1-4H3,(H,14,17). The molecule has 0 bridgehead atoms. The number of aromatic nitrogens is 3.